The second-order valence-corrected chi connectivity index (χ2v) is 4.56. The number of nitrogen functional groups attached to an aromatic ring is 1. The van der Waals surface area contributed by atoms with E-state index >= 15 is 0 Å². The van der Waals surface area contributed by atoms with Gasteiger partial charge in [0, 0.05) is 11.6 Å². The Hall–Kier alpha value is -2.34. The number of halogens is 3. The Bertz CT molecular complexity index is 684. The lowest BCUT2D eigenvalue weighted by atomic mass is 10.1. The summed E-state index contributed by atoms with van der Waals surface area (Å²) in [7, 11) is 1.41. The number of benzene rings is 2. The van der Waals surface area contributed by atoms with Crippen molar-refractivity contribution in [2.75, 3.05) is 18.2 Å². The maximum absolute atomic E-state index is 13.6. The van der Waals surface area contributed by atoms with Gasteiger partial charge in [0.2, 0.25) is 0 Å². The van der Waals surface area contributed by atoms with Crippen molar-refractivity contribution in [3.05, 3.63) is 52.6 Å². The predicted octanol–water partition coefficient (Wildman–Crippen LogP) is 3.46. The van der Waals surface area contributed by atoms with E-state index in [4.69, 9.17) is 22.1 Å². The second-order valence-electron chi connectivity index (χ2n) is 4.16. The third-order valence-corrected chi connectivity index (χ3v) is 3.04. The zero-order valence-corrected chi connectivity index (χ0v) is 11.7. The molecule has 2 aromatic rings. The van der Waals surface area contributed by atoms with Crippen molar-refractivity contribution in [3.8, 4) is 5.75 Å². The highest BCUT2D eigenvalue weighted by atomic mass is 35.5. The lowest BCUT2D eigenvalue weighted by Crippen LogP contribution is -2.14. The number of carbonyl (C=O) groups is 1. The van der Waals surface area contributed by atoms with Gasteiger partial charge in [0.05, 0.1) is 23.5 Å². The minimum absolute atomic E-state index is 0.195. The molecule has 0 aromatic heterocycles. The fourth-order valence-electron chi connectivity index (χ4n) is 1.70. The standard InChI is InChI=1S/C14H11ClF2N2O2/c1-21-12-4-7(2-3-11(12)18)14(20)19-13-9(15)5-8(16)6-10(13)17/h2-6H,18H2,1H3,(H,19,20). The van der Waals surface area contributed by atoms with Gasteiger partial charge in [-0.1, -0.05) is 11.6 Å². The Balaban J connectivity index is 2.30. The third-order valence-electron chi connectivity index (χ3n) is 2.74. The molecule has 2 rings (SSSR count). The van der Waals surface area contributed by atoms with Crippen LogP contribution in [0.3, 0.4) is 0 Å². The van der Waals surface area contributed by atoms with E-state index in [0.29, 0.717) is 17.5 Å². The quantitative estimate of drug-likeness (QED) is 0.853. The van der Waals surface area contributed by atoms with Crippen molar-refractivity contribution < 1.29 is 18.3 Å². The first kappa shape index (κ1) is 15.1. The zero-order valence-electron chi connectivity index (χ0n) is 10.9. The Kier molecular flexibility index (Phi) is 4.28. The smallest absolute Gasteiger partial charge is 0.255 e. The Labute approximate surface area is 124 Å². The maximum Gasteiger partial charge on any atom is 0.255 e. The molecule has 0 aliphatic rings. The molecular formula is C14H11ClF2N2O2. The van der Waals surface area contributed by atoms with Crippen molar-refractivity contribution in [3.63, 3.8) is 0 Å². The number of ether oxygens (including phenoxy) is 1. The average Bonchev–Trinajstić information content (AvgIpc) is 2.43. The normalized spacial score (nSPS) is 10.3. The highest BCUT2D eigenvalue weighted by molar-refractivity contribution is 6.34. The van der Waals surface area contributed by atoms with Gasteiger partial charge < -0.3 is 15.8 Å². The van der Waals surface area contributed by atoms with Gasteiger partial charge in [-0.05, 0) is 24.3 Å². The number of nitrogens with two attached hydrogens (primary N) is 1. The second kappa shape index (κ2) is 5.97. The van der Waals surface area contributed by atoms with E-state index in [1.54, 1.807) is 0 Å². The van der Waals surface area contributed by atoms with Crippen LogP contribution in [-0.4, -0.2) is 13.0 Å². The summed E-state index contributed by atoms with van der Waals surface area (Å²) in [5.41, 5.74) is 5.90. The van der Waals surface area contributed by atoms with Crippen molar-refractivity contribution in [1.29, 1.82) is 0 Å². The molecule has 2 aromatic carbocycles. The van der Waals surface area contributed by atoms with Crippen LogP contribution in [0.1, 0.15) is 10.4 Å². The van der Waals surface area contributed by atoms with Crippen LogP contribution in [0.25, 0.3) is 0 Å². The first-order valence-electron chi connectivity index (χ1n) is 5.81. The molecule has 0 unspecified atom stereocenters. The molecule has 0 spiro atoms. The van der Waals surface area contributed by atoms with Gasteiger partial charge in [-0.25, -0.2) is 8.78 Å². The van der Waals surface area contributed by atoms with Crippen LogP contribution in [0.4, 0.5) is 20.2 Å². The minimum Gasteiger partial charge on any atom is -0.495 e. The van der Waals surface area contributed by atoms with Gasteiger partial charge in [-0.2, -0.15) is 0 Å². The van der Waals surface area contributed by atoms with Crippen LogP contribution in [-0.2, 0) is 0 Å². The van der Waals surface area contributed by atoms with E-state index in [9.17, 15) is 13.6 Å². The molecule has 0 aliphatic carbocycles. The molecular weight excluding hydrogens is 302 g/mol. The summed E-state index contributed by atoms with van der Waals surface area (Å²) in [5.74, 6) is -2.10. The van der Waals surface area contributed by atoms with Crippen LogP contribution in [0.5, 0.6) is 5.75 Å². The van der Waals surface area contributed by atoms with Gasteiger partial charge >= 0.3 is 0 Å². The molecule has 0 saturated carbocycles. The molecule has 0 saturated heterocycles. The number of carbonyl (C=O) groups excluding carboxylic acids is 1. The van der Waals surface area contributed by atoms with Crippen LogP contribution < -0.4 is 15.8 Å². The Morgan fingerprint density at radius 3 is 2.62 bits per heavy atom. The molecule has 0 bridgehead atoms. The Morgan fingerprint density at radius 2 is 2.00 bits per heavy atom. The molecule has 0 radical (unpaired) electrons. The summed E-state index contributed by atoms with van der Waals surface area (Å²) in [4.78, 5) is 12.1. The first-order chi connectivity index (χ1) is 9.92. The molecule has 0 atom stereocenters. The minimum atomic E-state index is -0.962. The zero-order chi connectivity index (χ0) is 15.6. The van der Waals surface area contributed by atoms with Crippen LogP contribution >= 0.6 is 11.6 Å². The molecule has 4 nitrogen and oxygen atoms in total. The summed E-state index contributed by atoms with van der Waals surface area (Å²) in [6, 6.07) is 5.87. The van der Waals surface area contributed by atoms with Crippen LogP contribution in [0.15, 0.2) is 30.3 Å². The van der Waals surface area contributed by atoms with E-state index in [2.05, 4.69) is 5.32 Å². The van der Waals surface area contributed by atoms with Gasteiger partial charge in [0.15, 0.2) is 5.82 Å². The van der Waals surface area contributed by atoms with E-state index in [-0.39, 0.29) is 16.3 Å². The number of amides is 1. The number of nitrogens with one attached hydrogen (secondary N) is 1. The van der Waals surface area contributed by atoms with Gasteiger partial charge in [-0.3, -0.25) is 4.79 Å². The fraction of sp³-hybridized carbons (Fsp3) is 0.0714. The molecule has 110 valence electrons. The number of anilines is 2. The summed E-state index contributed by atoms with van der Waals surface area (Å²) in [6.45, 7) is 0. The van der Waals surface area contributed by atoms with Gasteiger partial charge in [0.25, 0.3) is 5.91 Å². The van der Waals surface area contributed by atoms with E-state index in [1.807, 2.05) is 0 Å². The first-order valence-corrected chi connectivity index (χ1v) is 6.19. The molecule has 0 aliphatic heterocycles. The molecule has 0 heterocycles. The van der Waals surface area contributed by atoms with E-state index < -0.39 is 17.5 Å². The van der Waals surface area contributed by atoms with Crippen molar-refractivity contribution >= 4 is 28.9 Å². The Morgan fingerprint density at radius 1 is 1.29 bits per heavy atom. The average molecular weight is 313 g/mol. The number of hydrogen-bond donors (Lipinski definition) is 2. The van der Waals surface area contributed by atoms with Crippen LogP contribution in [0.2, 0.25) is 5.02 Å². The highest BCUT2D eigenvalue weighted by Gasteiger charge is 2.15. The number of methoxy groups -OCH3 is 1. The van der Waals surface area contributed by atoms with E-state index in [0.717, 1.165) is 6.07 Å². The number of rotatable bonds is 3. The van der Waals surface area contributed by atoms with Crippen LogP contribution in [0, 0.1) is 11.6 Å². The van der Waals surface area contributed by atoms with E-state index in [1.165, 1.54) is 25.3 Å². The third kappa shape index (κ3) is 3.22. The lowest BCUT2D eigenvalue weighted by molar-refractivity contribution is 0.102. The summed E-state index contributed by atoms with van der Waals surface area (Å²) >= 11 is 5.71. The maximum atomic E-state index is 13.6. The lowest BCUT2D eigenvalue weighted by Gasteiger charge is -2.10. The summed E-state index contributed by atoms with van der Waals surface area (Å²) in [5, 5.41) is 2.05. The topological polar surface area (TPSA) is 64.3 Å². The molecule has 3 N–H and O–H groups in total. The molecule has 7 heteroatoms. The predicted molar refractivity (Wildman–Crippen MR) is 76.7 cm³/mol. The van der Waals surface area contributed by atoms with Gasteiger partial charge in [0.1, 0.15) is 11.6 Å². The fourth-order valence-corrected chi connectivity index (χ4v) is 1.94. The summed E-state index contributed by atoms with van der Waals surface area (Å²) < 4.78 is 31.6. The van der Waals surface area contributed by atoms with Crippen molar-refractivity contribution in [1.82, 2.24) is 0 Å². The molecule has 0 fully saturated rings. The van der Waals surface area contributed by atoms with Crippen molar-refractivity contribution in [2.45, 2.75) is 0 Å². The summed E-state index contributed by atoms with van der Waals surface area (Å²) in [6.07, 6.45) is 0. The molecule has 21 heavy (non-hydrogen) atoms. The highest BCUT2D eigenvalue weighted by Crippen LogP contribution is 2.28. The SMILES string of the molecule is COc1cc(C(=O)Nc2c(F)cc(F)cc2Cl)ccc1N. The van der Waals surface area contributed by atoms with Gasteiger partial charge in [-0.15, -0.1) is 0 Å². The largest absolute Gasteiger partial charge is 0.495 e. The number of hydrogen-bond acceptors (Lipinski definition) is 3. The molecule has 1 amide bonds. The van der Waals surface area contributed by atoms with Crippen molar-refractivity contribution in [2.24, 2.45) is 0 Å². The monoisotopic (exact) mass is 312 g/mol.